The minimum absolute atomic E-state index is 0.168. The molecule has 0 unspecified atom stereocenters. The molecule has 0 spiro atoms. The largest absolute Gasteiger partial charge is 0.396 e. The number of likely N-dealkylation sites (tertiary alicyclic amines) is 1. The van der Waals surface area contributed by atoms with E-state index in [0.717, 1.165) is 13.1 Å². The molecule has 0 aliphatic carbocycles. The molecule has 19 heavy (non-hydrogen) atoms. The topological polar surface area (TPSA) is 52.6 Å². The van der Waals surface area contributed by atoms with Crippen molar-refractivity contribution >= 4 is 5.91 Å². The summed E-state index contributed by atoms with van der Waals surface area (Å²) < 4.78 is 0. The lowest BCUT2D eigenvalue weighted by atomic mass is 9.92. The van der Waals surface area contributed by atoms with Crippen LogP contribution in [0, 0.1) is 17.8 Å². The van der Waals surface area contributed by atoms with Crippen molar-refractivity contribution in [3.8, 4) is 0 Å². The summed E-state index contributed by atoms with van der Waals surface area (Å²) >= 11 is 0. The van der Waals surface area contributed by atoms with E-state index in [4.69, 9.17) is 5.11 Å². The maximum Gasteiger partial charge on any atom is 0.236 e. The Morgan fingerprint density at radius 1 is 1.32 bits per heavy atom. The smallest absolute Gasteiger partial charge is 0.236 e. The predicted octanol–water partition coefficient (Wildman–Crippen LogP) is 1.49. The molecule has 0 bridgehead atoms. The van der Waals surface area contributed by atoms with Crippen LogP contribution in [0.1, 0.15) is 40.5 Å². The molecule has 4 nitrogen and oxygen atoms in total. The van der Waals surface area contributed by atoms with Gasteiger partial charge in [0.15, 0.2) is 0 Å². The summed E-state index contributed by atoms with van der Waals surface area (Å²) in [5.74, 6) is 1.83. The van der Waals surface area contributed by atoms with Crippen LogP contribution in [0.25, 0.3) is 0 Å². The number of amides is 1. The van der Waals surface area contributed by atoms with Gasteiger partial charge in [-0.3, -0.25) is 4.79 Å². The van der Waals surface area contributed by atoms with Crippen molar-refractivity contribution in [2.24, 2.45) is 17.8 Å². The highest BCUT2D eigenvalue weighted by Crippen LogP contribution is 2.20. The zero-order chi connectivity index (χ0) is 14.4. The Morgan fingerprint density at radius 3 is 2.37 bits per heavy atom. The molecule has 1 aliphatic heterocycles. The third-order valence-corrected chi connectivity index (χ3v) is 3.98. The average molecular weight is 270 g/mol. The fraction of sp³-hybridized carbons (Fsp3) is 0.933. The SMILES string of the molecule is CC(C)[C@H](CCO)NCC(=O)N1C[C@H](C)C[C@H](C)C1. The first-order chi connectivity index (χ1) is 8.93. The molecule has 1 saturated heterocycles. The highest BCUT2D eigenvalue weighted by Gasteiger charge is 2.25. The summed E-state index contributed by atoms with van der Waals surface area (Å²) in [6, 6.07) is 0.216. The fourth-order valence-corrected chi connectivity index (χ4v) is 3.01. The molecule has 3 atom stereocenters. The van der Waals surface area contributed by atoms with Gasteiger partial charge in [0.1, 0.15) is 0 Å². The van der Waals surface area contributed by atoms with Crippen molar-refractivity contribution in [1.29, 1.82) is 0 Å². The van der Waals surface area contributed by atoms with Crippen molar-refractivity contribution in [3.05, 3.63) is 0 Å². The quantitative estimate of drug-likeness (QED) is 0.769. The lowest BCUT2D eigenvalue weighted by Crippen LogP contribution is -2.48. The number of piperidine rings is 1. The average Bonchev–Trinajstić information content (AvgIpc) is 2.32. The minimum Gasteiger partial charge on any atom is -0.396 e. The second kappa shape index (κ2) is 7.85. The van der Waals surface area contributed by atoms with Crippen LogP contribution in [0.15, 0.2) is 0 Å². The summed E-state index contributed by atoms with van der Waals surface area (Å²) in [5, 5.41) is 12.3. The molecule has 0 aromatic heterocycles. The van der Waals surface area contributed by atoms with Crippen LogP contribution in [-0.4, -0.2) is 48.2 Å². The lowest BCUT2D eigenvalue weighted by Gasteiger charge is -2.35. The highest BCUT2D eigenvalue weighted by atomic mass is 16.3. The van der Waals surface area contributed by atoms with E-state index in [-0.39, 0.29) is 18.6 Å². The molecule has 0 radical (unpaired) electrons. The molecule has 2 N–H and O–H groups in total. The van der Waals surface area contributed by atoms with E-state index in [1.54, 1.807) is 0 Å². The number of aliphatic hydroxyl groups excluding tert-OH is 1. The molecule has 1 aliphatic rings. The zero-order valence-corrected chi connectivity index (χ0v) is 12.9. The number of nitrogens with one attached hydrogen (secondary N) is 1. The van der Waals surface area contributed by atoms with Gasteiger partial charge in [-0.25, -0.2) is 0 Å². The van der Waals surface area contributed by atoms with E-state index < -0.39 is 0 Å². The second-order valence-electron chi connectivity index (χ2n) is 6.49. The second-order valence-corrected chi connectivity index (χ2v) is 6.49. The fourth-order valence-electron chi connectivity index (χ4n) is 3.01. The van der Waals surface area contributed by atoms with Crippen molar-refractivity contribution in [3.63, 3.8) is 0 Å². The number of hydrogen-bond acceptors (Lipinski definition) is 3. The molecule has 0 aromatic rings. The van der Waals surface area contributed by atoms with Crippen LogP contribution in [0.4, 0.5) is 0 Å². The van der Waals surface area contributed by atoms with Crippen molar-refractivity contribution in [1.82, 2.24) is 10.2 Å². The van der Waals surface area contributed by atoms with Gasteiger partial charge in [0.2, 0.25) is 5.91 Å². The zero-order valence-electron chi connectivity index (χ0n) is 12.9. The van der Waals surface area contributed by atoms with Crippen LogP contribution in [0.5, 0.6) is 0 Å². The standard InChI is InChI=1S/C15H30N2O2/c1-11(2)14(5-6-18)16-8-15(19)17-9-12(3)7-13(4)10-17/h11-14,16,18H,5-10H2,1-4H3/t12-,13+,14-/m0/s1. The molecule has 4 heteroatoms. The van der Waals surface area contributed by atoms with E-state index >= 15 is 0 Å². The van der Waals surface area contributed by atoms with Crippen molar-refractivity contribution < 1.29 is 9.90 Å². The third kappa shape index (κ3) is 5.49. The first-order valence-corrected chi connectivity index (χ1v) is 7.56. The Bertz CT molecular complexity index is 271. The number of rotatable bonds is 6. The number of carbonyl (C=O) groups excluding carboxylic acids is 1. The van der Waals surface area contributed by atoms with E-state index in [2.05, 4.69) is 33.0 Å². The molecule has 112 valence electrons. The molecular formula is C15H30N2O2. The van der Waals surface area contributed by atoms with Crippen LogP contribution in [0.3, 0.4) is 0 Å². The van der Waals surface area contributed by atoms with Gasteiger partial charge in [-0.15, -0.1) is 0 Å². The summed E-state index contributed by atoms with van der Waals surface area (Å²) in [6.45, 7) is 11.0. The van der Waals surface area contributed by atoms with Gasteiger partial charge in [-0.1, -0.05) is 27.7 Å². The van der Waals surface area contributed by atoms with E-state index in [0.29, 0.717) is 30.7 Å². The molecule has 1 heterocycles. The highest BCUT2D eigenvalue weighted by molar-refractivity contribution is 5.78. The van der Waals surface area contributed by atoms with E-state index in [1.165, 1.54) is 6.42 Å². The van der Waals surface area contributed by atoms with Gasteiger partial charge in [0.05, 0.1) is 6.54 Å². The Balaban J connectivity index is 2.41. The van der Waals surface area contributed by atoms with Crippen molar-refractivity contribution in [2.75, 3.05) is 26.2 Å². The summed E-state index contributed by atoms with van der Waals surface area (Å²) in [4.78, 5) is 14.2. The number of aliphatic hydroxyl groups is 1. The van der Waals surface area contributed by atoms with Gasteiger partial charge in [-0.05, 0) is 30.6 Å². The van der Waals surface area contributed by atoms with Gasteiger partial charge in [-0.2, -0.15) is 0 Å². The number of hydrogen-bond donors (Lipinski definition) is 2. The maximum atomic E-state index is 12.2. The summed E-state index contributed by atoms with van der Waals surface area (Å²) in [5.41, 5.74) is 0. The van der Waals surface area contributed by atoms with Gasteiger partial charge >= 0.3 is 0 Å². The maximum absolute atomic E-state index is 12.2. The normalized spacial score (nSPS) is 25.7. The van der Waals surface area contributed by atoms with Crippen LogP contribution < -0.4 is 5.32 Å². The summed E-state index contributed by atoms with van der Waals surface area (Å²) in [6.07, 6.45) is 1.92. The van der Waals surface area contributed by atoms with Crippen LogP contribution >= 0.6 is 0 Å². The minimum atomic E-state index is 0.168. The molecular weight excluding hydrogens is 240 g/mol. The van der Waals surface area contributed by atoms with Gasteiger partial charge in [0, 0.05) is 25.7 Å². The van der Waals surface area contributed by atoms with Gasteiger partial charge in [0.25, 0.3) is 0 Å². The van der Waals surface area contributed by atoms with E-state index in [1.807, 2.05) is 4.90 Å². The Hall–Kier alpha value is -0.610. The molecule has 1 rings (SSSR count). The molecule has 1 amide bonds. The van der Waals surface area contributed by atoms with Crippen LogP contribution in [-0.2, 0) is 4.79 Å². The molecule has 0 saturated carbocycles. The monoisotopic (exact) mass is 270 g/mol. The first kappa shape index (κ1) is 16.4. The van der Waals surface area contributed by atoms with Gasteiger partial charge < -0.3 is 15.3 Å². The number of nitrogens with zero attached hydrogens (tertiary/aromatic N) is 1. The van der Waals surface area contributed by atoms with Crippen molar-refractivity contribution in [2.45, 2.75) is 46.6 Å². The Kier molecular flexibility index (Phi) is 6.80. The van der Waals surface area contributed by atoms with Crippen LogP contribution in [0.2, 0.25) is 0 Å². The predicted molar refractivity (Wildman–Crippen MR) is 77.9 cm³/mol. The summed E-state index contributed by atoms with van der Waals surface area (Å²) in [7, 11) is 0. The molecule has 1 fully saturated rings. The first-order valence-electron chi connectivity index (χ1n) is 7.56. The lowest BCUT2D eigenvalue weighted by molar-refractivity contribution is -0.133. The Labute approximate surface area is 117 Å². The van der Waals surface area contributed by atoms with E-state index in [9.17, 15) is 4.79 Å². The molecule has 0 aromatic carbocycles. The third-order valence-electron chi connectivity index (χ3n) is 3.98. The number of carbonyl (C=O) groups is 1. The Morgan fingerprint density at radius 2 is 1.89 bits per heavy atom.